The SMILES string of the molecule is CN=C1SC[C@H](c2cnc(Cl)s2)N1/C(OC)=C(\C=O)c1ccccc1. The second kappa shape index (κ2) is 8.03. The van der Waals surface area contributed by atoms with E-state index in [2.05, 4.69) is 9.98 Å². The van der Waals surface area contributed by atoms with E-state index in [-0.39, 0.29) is 6.04 Å². The van der Waals surface area contributed by atoms with Crippen molar-refractivity contribution in [3.8, 4) is 0 Å². The molecule has 1 aliphatic heterocycles. The quantitative estimate of drug-likeness (QED) is 0.435. The third kappa shape index (κ3) is 3.58. The highest BCUT2D eigenvalue weighted by Gasteiger charge is 2.37. The van der Waals surface area contributed by atoms with Crippen molar-refractivity contribution in [1.29, 1.82) is 0 Å². The van der Waals surface area contributed by atoms with Crippen molar-refractivity contribution in [3.05, 3.63) is 57.3 Å². The molecule has 1 saturated heterocycles. The summed E-state index contributed by atoms with van der Waals surface area (Å²) in [5.74, 6) is 1.25. The van der Waals surface area contributed by atoms with E-state index in [1.54, 1.807) is 32.1 Å². The summed E-state index contributed by atoms with van der Waals surface area (Å²) in [6, 6.07) is 9.41. The summed E-state index contributed by atoms with van der Waals surface area (Å²) in [6.07, 6.45) is 2.58. The number of ether oxygens (including phenoxy) is 1. The molecule has 25 heavy (non-hydrogen) atoms. The van der Waals surface area contributed by atoms with Gasteiger partial charge in [0.2, 0.25) is 5.88 Å². The maximum absolute atomic E-state index is 11.9. The Hall–Kier alpha value is -1.83. The van der Waals surface area contributed by atoms with Crippen LogP contribution in [0.2, 0.25) is 4.47 Å². The first-order valence-corrected chi connectivity index (χ1v) is 9.66. The minimum Gasteiger partial charge on any atom is -0.482 e. The Morgan fingerprint density at radius 2 is 2.20 bits per heavy atom. The van der Waals surface area contributed by atoms with Crippen LogP contribution >= 0.6 is 34.7 Å². The molecule has 1 aromatic heterocycles. The lowest BCUT2D eigenvalue weighted by Gasteiger charge is -2.27. The monoisotopic (exact) mass is 393 g/mol. The Morgan fingerprint density at radius 1 is 1.44 bits per heavy atom. The zero-order chi connectivity index (χ0) is 17.8. The van der Waals surface area contributed by atoms with E-state index in [9.17, 15) is 4.79 Å². The van der Waals surface area contributed by atoms with Crippen LogP contribution in [0.1, 0.15) is 16.5 Å². The van der Waals surface area contributed by atoms with E-state index < -0.39 is 0 Å². The van der Waals surface area contributed by atoms with Gasteiger partial charge in [-0.05, 0) is 5.56 Å². The van der Waals surface area contributed by atoms with Gasteiger partial charge < -0.3 is 4.74 Å². The topological polar surface area (TPSA) is 54.8 Å². The summed E-state index contributed by atoms with van der Waals surface area (Å²) >= 11 is 9.04. The summed E-state index contributed by atoms with van der Waals surface area (Å²) in [7, 11) is 3.29. The molecule has 1 atom stereocenters. The molecule has 1 aromatic carbocycles. The van der Waals surface area contributed by atoms with Crippen LogP contribution < -0.4 is 0 Å². The van der Waals surface area contributed by atoms with Crippen molar-refractivity contribution >= 4 is 51.7 Å². The number of carbonyl (C=O) groups excluding carboxylic acids is 1. The van der Waals surface area contributed by atoms with Gasteiger partial charge in [0.05, 0.1) is 18.7 Å². The summed E-state index contributed by atoms with van der Waals surface area (Å²) in [6.45, 7) is 0. The number of hydrogen-bond donors (Lipinski definition) is 0. The fourth-order valence-corrected chi connectivity index (χ4v) is 4.92. The van der Waals surface area contributed by atoms with Gasteiger partial charge in [0.1, 0.15) is 0 Å². The molecule has 1 aliphatic rings. The second-order valence-corrected chi connectivity index (χ2v) is 7.76. The summed E-state index contributed by atoms with van der Waals surface area (Å²) < 4.78 is 6.15. The molecule has 8 heteroatoms. The van der Waals surface area contributed by atoms with Crippen LogP contribution in [0, 0.1) is 0 Å². The molecule has 0 unspecified atom stereocenters. The van der Waals surface area contributed by atoms with Gasteiger partial charge in [0, 0.05) is 23.9 Å². The average Bonchev–Trinajstić information content (AvgIpc) is 3.26. The zero-order valence-electron chi connectivity index (χ0n) is 13.7. The predicted octanol–water partition coefficient (Wildman–Crippen LogP) is 4.09. The van der Waals surface area contributed by atoms with Crippen LogP contribution in [-0.4, -0.2) is 41.2 Å². The number of methoxy groups -OCH3 is 1. The van der Waals surface area contributed by atoms with Crippen LogP contribution in [0.4, 0.5) is 0 Å². The number of halogens is 1. The number of allylic oxidation sites excluding steroid dienone is 1. The molecule has 0 saturated carbocycles. The molecule has 0 spiro atoms. The summed E-state index contributed by atoms with van der Waals surface area (Å²) in [4.78, 5) is 23.3. The van der Waals surface area contributed by atoms with Crippen molar-refractivity contribution < 1.29 is 9.53 Å². The average molecular weight is 394 g/mol. The first-order valence-electron chi connectivity index (χ1n) is 7.48. The molecule has 1 fully saturated rings. The van der Waals surface area contributed by atoms with Gasteiger partial charge in [0.15, 0.2) is 15.9 Å². The minimum absolute atomic E-state index is 0.0395. The Morgan fingerprint density at radius 3 is 2.76 bits per heavy atom. The number of rotatable bonds is 5. The minimum atomic E-state index is -0.0395. The van der Waals surface area contributed by atoms with Crippen molar-refractivity contribution in [3.63, 3.8) is 0 Å². The highest BCUT2D eigenvalue weighted by Crippen LogP contribution is 2.42. The van der Waals surface area contributed by atoms with E-state index in [0.29, 0.717) is 15.9 Å². The van der Waals surface area contributed by atoms with E-state index in [0.717, 1.165) is 27.6 Å². The first-order chi connectivity index (χ1) is 12.2. The smallest absolute Gasteiger partial charge is 0.207 e. The van der Waals surface area contributed by atoms with Crippen molar-refractivity contribution in [1.82, 2.24) is 9.88 Å². The largest absolute Gasteiger partial charge is 0.482 e. The number of aliphatic imine (C=N–C) groups is 1. The number of aromatic nitrogens is 1. The van der Waals surface area contributed by atoms with Crippen LogP contribution in [0.5, 0.6) is 0 Å². The van der Waals surface area contributed by atoms with E-state index in [1.807, 2.05) is 35.2 Å². The van der Waals surface area contributed by atoms with E-state index >= 15 is 0 Å². The number of thioether (sulfide) groups is 1. The van der Waals surface area contributed by atoms with Crippen LogP contribution in [0.3, 0.4) is 0 Å². The van der Waals surface area contributed by atoms with Gasteiger partial charge in [-0.1, -0.05) is 53.7 Å². The van der Waals surface area contributed by atoms with Crippen molar-refractivity contribution in [2.24, 2.45) is 4.99 Å². The van der Waals surface area contributed by atoms with Crippen LogP contribution in [-0.2, 0) is 9.53 Å². The molecule has 3 rings (SSSR count). The highest BCUT2D eigenvalue weighted by molar-refractivity contribution is 8.14. The molecule has 0 amide bonds. The molecular weight excluding hydrogens is 378 g/mol. The Balaban J connectivity index is 2.12. The van der Waals surface area contributed by atoms with Crippen molar-refractivity contribution in [2.75, 3.05) is 19.9 Å². The van der Waals surface area contributed by atoms with Gasteiger partial charge in [-0.3, -0.25) is 14.7 Å². The lowest BCUT2D eigenvalue weighted by molar-refractivity contribution is -0.103. The lowest BCUT2D eigenvalue weighted by Crippen LogP contribution is -2.29. The van der Waals surface area contributed by atoms with E-state index in [1.165, 1.54) is 11.3 Å². The zero-order valence-corrected chi connectivity index (χ0v) is 16.1. The Kier molecular flexibility index (Phi) is 5.78. The number of carbonyl (C=O) groups is 1. The molecule has 2 heterocycles. The Labute approximate surface area is 159 Å². The molecular formula is C17H16ClN3O2S2. The van der Waals surface area contributed by atoms with Gasteiger partial charge in [0.25, 0.3) is 0 Å². The number of benzene rings is 1. The van der Waals surface area contributed by atoms with Gasteiger partial charge in [-0.15, -0.1) is 11.3 Å². The standard InChI is InChI=1S/C17H16ClN3O2S2/c1-19-17-21(13(10-24-17)14-8-20-16(18)25-14)15(23-2)12(9-22)11-6-4-3-5-7-11/h3-9,13H,10H2,1-2H3/b15-12-,19-17?/t13-/m1/s1. The van der Waals surface area contributed by atoms with Crippen LogP contribution in [0.15, 0.2) is 47.4 Å². The third-order valence-corrected chi connectivity index (χ3v) is 6.08. The van der Waals surface area contributed by atoms with Gasteiger partial charge in [-0.25, -0.2) is 4.98 Å². The normalized spacial score (nSPS) is 19.9. The molecule has 2 aromatic rings. The molecule has 0 bridgehead atoms. The molecule has 0 radical (unpaired) electrons. The predicted molar refractivity (Wildman–Crippen MR) is 104 cm³/mol. The summed E-state index contributed by atoms with van der Waals surface area (Å²) in [5.41, 5.74) is 1.27. The first kappa shape index (κ1) is 18.0. The van der Waals surface area contributed by atoms with Gasteiger partial charge in [-0.2, -0.15) is 0 Å². The number of hydrogen-bond acceptors (Lipinski definition) is 6. The Bertz CT molecular complexity index is 820. The molecule has 0 N–H and O–H groups in total. The fraction of sp³-hybridized carbons (Fsp3) is 0.235. The molecule has 5 nitrogen and oxygen atoms in total. The second-order valence-electron chi connectivity index (χ2n) is 5.13. The number of nitrogens with zero attached hydrogens (tertiary/aromatic N) is 3. The molecule has 0 aliphatic carbocycles. The van der Waals surface area contributed by atoms with Crippen LogP contribution in [0.25, 0.3) is 5.57 Å². The summed E-state index contributed by atoms with van der Waals surface area (Å²) in [5, 5.41) is 0.793. The lowest BCUT2D eigenvalue weighted by atomic mass is 10.1. The van der Waals surface area contributed by atoms with Crippen molar-refractivity contribution in [2.45, 2.75) is 6.04 Å². The maximum Gasteiger partial charge on any atom is 0.207 e. The number of thiazole rings is 1. The highest BCUT2D eigenvalue weighted by atomic mass is 35.5. The van der Waals surface area contributed by atoms with E-state index in [4.69, 9.17) is 16.3 Å². The maximum atomic E-state index is 11.9. The fourth-order valence-electron chi connectivity index (χ4n) is 2.66. The van der Waals surface area contributed by atoms with Gasteiger partial charge >= 0.3 is 0 Å². The number of amidine groups is 1. The molecule has 130 valence electrons. The third-order valence-electron chi connectivity index (χ3n) is 3.75. The number of aldehydes is 1.